The molecular formula is C18H30N2O2. The van der Waals surface area contributed by atoms with E-state index >= 15 is 0 Å². The second-order valence-corrected chi connectivity index (χ2v) is 5.40. The van der Waals surface area contributed by atoms with Crippen LogP contribution in [0.5, 0.6) is 5.75 Å². The van der Waals surface area contributed by atoms with Gasteiger partial charge in [0.1, 0.15) is 12.4 Å². The number of rotatable bonds is 11. The van der Waals surface area contributed by atoms with Crippen LogP contribution in [-0.4, -0.2) is 37.2 Å². The number of benzene rings is 1. The number of hydrogen-bond donors (Lipinski definition) is 1. The quantitative estimate of drug-likeness (QED) is 0.626. The molecule has 0 atom stereocenters. The number of ether oxygens (including phenoxy) is 1. The molecule has 0 heterocycles. The Hall–Kier alpha value is -1.71. The highest BCUT2D eigenvalue weighted by Gasteiger charge is 2.11. The van der Waals surface area contributed by atoms with Gasteiger partial charge in [-0.1, -0.05) is 50.8 Å². The Morgan fingerprint density at radius 3 is 2.45 bits per heavy atom. The third-order valence-corrected chi connectivity index (χ3v) is 3.52. The molecule has 1 aromatic carbocycles. The molecule has 0 aliphatic rings. The van der Waals surface area contributed by atoms with Crippen LogP contribution in [0.4, 0.5) is 4.79 Å². The van der Waals surface area contributed by atoms with E-state index in [0.29, 0.717) is 19.7 Å². The molecule has 4 nitrogen and oxygen atoms in total. The normalized spacial score (nSPS) is 10.3. The molecule has 1 rings (SSSR count). The number of unbranched alkanes of at least 4 members (excludes halogenated alkanes) is 4. The average Bonchev–Trinajstić information content (AvgIpc) is 2.54. The maximum Gasteiger partial charge on any atom is 0.317 e. The van der Waals surface area contributed by atoms with Gasteiger partial charge in [-0.3, -0.25) is 0 Å². The van der Waals surface area contributed by atoms with Crippen LogP contribution in [0.25, 0.3) is 0 Å². The summed E-state index contributed by atoms with van der Waals surface area (Å²) in [6.45, 7) is 6.75. The molecule has 0 fully saturated rings. The maximum absolute atomic E-state index is 12.1. The van der Waals surface area contributed by atoms with Crippen molar-refractivity contribution >= 4 is 6.03 Å². The lowest BCUT2D eigenvalue weighted by Gasteiger charge is -2.23. The molecule has 0 radical (unpaired) electrons. The smallest absolute Gasteiger partial charge is 0.317 e. The summed E-state index contributed by atoms with van der Waals surface area (Å²) >= 11 is 0. The van der Waals surface area contributed by atoms with Gasteiger partial charge in [-0.15, -0.1) is 0 Å². The van der Waals surface area contributed by atoms with Crippen molar-refractivity contribution in [3.63, 3.8) is 0 Å². The third-order valence-electron chi connectivity index (χ3n) is 3.52. The van der Waals surface area contributed by atoms with E-state index in [-0.39, 0.29) is 6.03 Å². The highest BCUT2D eigenvalue weighted by atomic mass is 16.5. The topological polar surface area (TPSA) is 41.6 Å². The number of para-hydroxylation sites is 1. The van der Waals surface area contributed by atoms with Gasteiger partial charge in [-0.2, -0.15) is 0 Å². The highest BCUT2D eigenvalue weighted by molar-refractivity contribution is 5.74. The average molecular weight is 306 g/mol. The van der Waals surface area contributed by atoms with Crippen LogP contribution in [0.15, 0.2) is 30.3 Å². The van der Waals surface area contributed by atoms with E-state index in [2.05, 4.69) is 12.2 Å². The van der Waals surface area contributed by atoms with Crippen molar-refractivity contribution in [1.29, 1.82) is 0 Å². The minimum Gasteiger partial charge on any atom is -0.492 e. The van der Waals surface area contributed by atoms with Crippen LogP contribution in [0, 0.1) is 0 Å². The van der Waals surface area contributed by atoms with E-state index in [1.165, 1.54) is 25.7 Å². The van der Waals surface area contributed by atoms with Crippen LogP contribution in [0.1, 0.15) is 46.0 Å². The number of hydrogen-bond acceptors (Lipinski definition) is 2. The first kappa shape index (κ1) is 18.3. The largest absolute Gasteiger partial charge is 0.492 e. The minimum atomic E-state index is 0.00894. The van der Waals surface area contributed by atoms with E-state index in [9.17, 15) is 4.79 Å². The van der Waals surface area contributed by atoms with Gasteiger partial charge in [0.15, 0.2) is 0 Å². The van der Waals surface area contributed by atoms with Crippen LogP contribution >= 0.6 is 0 Å². The van der Waals surface area contributed by atoms with E-state index < -0.39 is 0 Å². The summed E-state index contributed by atoms with van der Waals surface area (Å²) < 4.78 is 5.69. The standard InChI is InChI=1S/C18H30N2O2/c1-3-5-6-7-11-14-20(18(21)19-4-2)15-16-22-17-12-9-8-10-13-17/h8-10,12-13H,3-7,11,14-16H2,1-2H3,(H,19,21). The Morgan fingerprint density at radius 2 is 1.77 bits per heavy atom. The number of amides is 2. The van der Waals surface area contributed by atoms with Gasteiger partial charge in [0.2, 0.25) is 0 Å². The lowest BCUT2D eigenvalue weighted by Crippen LogP contribution is -2.42. The van der Waals surface area contributed by atoms with Gasteiger partial charge in [-0.25, -0.2) is 4.79 Å². The predicted molar refractivity (Wildman–Crippen MR) is 91.3 cm³/mol. The summed E-state index contributed by atoms with van der Waals surface area (Å²) in [6.07, 6.45) is 6.01. The van der Waals surface area contributed by atoms with E-state index in [4.69, 9.17) is 4.74 Å². The van der Waals surface area contributed by atoms with E-state index in [1.54, 1.807) is 0 Å². The Morgan fingerprint density at radius 1 is 1.05 bits per heavy atom. The maximum atomic E-state index is 12.1. The SMILES string of the molecule is CCCCCCCN(CCOc1ccccc1)C(=O)NCC. The van der Waals surface area contributed by atoms with E-state index in [0.717, 1.165) is 18.7 Å². The highest BCUT2D eigenvalue weighted by Crippen LogP contribution is 2.09. The second-order valence-electron chi connectivity index (χ2n) is 5.40. The number of urea groups is 1. The lowest BCUT2D eigenvalue weighted by molar-refractivity contribution is 0.181. The van der Waals surface area contributed by atoms with E-state index in [1.807, 2.05) is 42.2 Å². The van der Waals surface area contributed by atoms with Crippen molar-refractivity contribution in [2.75, 3.05) is 26.2 Å². The number of nitrogens with one attached hydrogen (secondary N) is 1. The third kappa shape index (κ3) is 7.91. The fraction of sp³-hybridized carbons (Fsp3) is 0.611. The van der Waals surface area contributed by atoms with Gasteiger partial charge in [0.05, 0.1) is 6.54 Å². The van der Waals surface area contributed by atoms with Gasteiger partial charge in [0, 0.05) is 13.1 Å². The second kappa shape index (κ2) is 11.9. The number of carbonyl (C=O) groups excluding carboxylic acids is 1. The van der Waals surface area contributed by atoms with Crippen molar-refractivity contribution in [1.82, 2.24) is 10.2 Å². The molecule has 124 valence electrons. The molecule has 0 saturated carbocycles. The molecule has 0 bridgehead atoms. The summed E-state index contributed by atoms with van der Waals surface area (Å²) in [5, 5.41) is 2.88. The molecular weight excluding hydrogens is 276 g/mol. The molecule has 0 aliphatic heterocycles. The number of carbonyl (C=O) groups is 1. The predicted octanol–water partition coefficient (Wildman–Crippen LogP) is 4.07. The molecule has 0 aliphatic carbocycles. The lowest BCUT2D eigenvalue weighted by atomic mass is 10.1. The zero-order valence-corrected chi connectivity index (χ0v) is 14.0. The molecule has 0 spiro atoms. The van der Waals surface area contributed by atoms with Gasteiger partial charge in [0.25, 0.3) is 0 Å². The van der Waals surface area contributed by atoms with Crippen molar-refractivity contribution in [2.24, 2.45) is 0 Å². The summed E-state index contributed by atoms with van der Waals surface area (Å²) in [5.74, 6) is 0.848. The molecule has 1 aromatic rings. The summed E-state index contributed by atoms with van der Waals surface area (Å²) in [5.41, 5.74) is 0. The molecule has 4 heteroatoms. The first-order valence-corrected chi connectivity index (χ1v) is 8.48. The van der Waals surface area contributed by atoms with Crippen LogP contribution in [0.3, 0.4) is 0 Å². The first-order valence-electron chi connectivity index (χ1n) is 8.48. The number of nitrogens with zero attached hydrogens (tertiary/aromatic N) is 1. The van der Waals surface area contributed by atoms with Crippen LogP contribution < -0.4 is 10.1 Å². The van der Waals surface area contributed by atoms with Crippen LogP contribution in [-0.2, 0) is 0 Å². The zero-order chi connectivity index (χ0) is 16.0. The fourth-order valence-corrected chi connectivity index (χ4v) is 2.27. The molecule has 0 unspecified atom stereocenters. The molecule has 0 saturated heterocycles. The molecule has 0 aromatic heterocycles. The van der Waals surface area contributed by atoms with Crippen molar-refractivity contribution < 1.29 is 9.53 Å². The first-order chi connectivity index (χ1) is 10.8. The summed E-state index contributed by atoms with van der Waals surface area (Å²) in [4.78, 5) is 13.9. The van der Waals surface area contributed by atoms with Gasteiger partial charge in [-0.05, 0) is 25.5 Å². The Balaban J connectivity index is 2.32. The van der Waals surface area contributed by atoms with Crippen molar-refractivity contribution in [3.8, 4) is 5.75 Å². The van der Waals surface area contributed by atoms with Crippen LogP contribution in [0.2, 0.25) is 0 Å². The monoisotopic (exact) mass is 306 g/mol. The molecule has 22 heavy (non-hydrogen) atoms. The molecule has 1 N–H and O–H groups in total. The molecule has 2 amide bonds. The summed E-state index contributed by atoms with van der Waals surface area (Å²) in [7, 11) is 0. The minimum absolute atomic E-state index is 0.00894. The Kier molecular flexibility index (Phi) is 9.92. The Bertz CT molecular complexity index is 395. The van der Waals surface area contributed by atoms with Gasteiger partial charge >= 0.3 is 6.03 Å². The Labute approximate surface area is 134 Å². The van der Waals surface area contributed by atoms with Gasteiger partial charge < -0.3 is 15.0 Å². The fourth-order valence-electron chi connectivity index (χ4n) is 2.27. The summed E-state index contributed by atoms with van der Waals surface area (Å²) in [6, 6.07) is 9.73. The zero-order valence-electron chi connectivity index (χ0n) is 14.0. The van der Waals surface area contributed by atoms with Crippen molar-refractivity contribution in [3.05, 3.63) is 30.3 Å². The van der Waals surface area contributed by atoms with Crippen molar-refractivity contribution in [2.45, 2.75) is 46.0 Å².